The van der Waals surface area contributed by atoms with Gasteiger partial charge in [-0.05, 0) is 44.0 Å². The Balaban J connectivity index is 1.52. The highest BCUT2D eigenvalue weighted by Crippen LogP contribution is 2.17. The number of anilines is 1. The Morgan fingerprint density at radius 1 is 1.00 bits per heavy atom. The van der Waals surface area contributed by atoms with Crippen molar-refractivity contribution >= 4 is 21.6 Å². The van der Waals surface area contributed by atoms with Gasteiger partial charge in [-0.2, -0.15) is 0 Å². The summed E-state index contributed by atoms with van der Waals surface area (Å²) in [6.07, 6.45) is 1.35. The third-order valence-electron chi connectivity index (χ3n) is 4.87. The zero-order chi connectivity index (χ0) is 19.3. The number of nitrogens with zero attached hydrogens (tertiary/aromatic N) is 1. The van der Waals surface area contributed by atoms with Gasteiger partial charge in [0.15, 0.2) is 0 Å². The minimum atomic E-state index is -3.50. The maximum atomic E-state index is 12.4. The van der Waals surface area contributed by atoms with Crippen LogP contribution in [0, 0.1) is 0 Å². The number of hydrogen-bond acceptors (Lipinski definition) is 4. The number of para-hydroxylation sites is 1. The first-order valence-electron chi connectivity index (χ1n) is 9.13. The van der Waals surface area contributed by atoms with Gasteiger partial charge >= 0.3 is 0 Å². The van der Waals surface area contributed by atoms with Crippen LogP contribution in [0.25, 0.3) is 0 Å². The molecule has 1 atom stereocenters. The number of sulfonamides is 1. The smallest absolute Gasteiger partial charge is 0.241 e. The van der Waals surface area contributed by atoms with E-state index in [1.165, 1.54) is 0 Å². The van der Waals surface area contributed by atoms with E-state index in [1.807, 2.05) is 37.3 Å². The molecule has 1 aliphatic rings. The number of hydrogen-bond donors (Lipinski definition) is 2. The first-order valence-corrected chi connectivity index (χ1v) is 10.6. The number of likely N-dealkylation sites (tertiary alicyclic amines) is 1. The Labute approximate surface area is 160 Å². The van der Waals surface area contributed by atoms with Crippen molar-refractivity contribution in [1.29, 1.82) is 0 Å². The Hall–Kier alpha value is -2.22. The van der Waals surface area contributed by atoms with Crippen LogP contribution in [0.1, 0.15) is 19.8 Å². The van der Waals surface area contributed by atoms with Crippen molar-refractivity contribution < 1.29 is 13.2 Å². The summed E-state index contributed by atoms with van der Waals surface area (Å²) >= 11 is 0. The molecule has 1 saturated heterocycles. The van der Waals surface area contributed by atoms with Gasteiger partial charge in [0, 0.05) is 24.8 Å². The summed E-state index contributed by atoms with van der Waals surface area (Å²) in [7, 11) is -3.50. The molecule has 2 aromatic carbocycles. The summed E-state index contributed by atoms with van der Waals surface area (Å²) in [5.74, 6) is -0.0514. The average molecular weight is 388 g/mol. The van der Waals surface area contributed by atoms with Crippen LogP contribution in [0.15, 0.2) is 65.6 Å². The molecule has 1 fully saturated rings. The molecule has 144 valence electrons. The summed E-state index contributed by atoms with van der Waals surface area (Å²) in [4.78, 5) is 14.8. The summed E-state index contributed by atoms with van der Waals surface area (Å²) in [6.45, 7) is 3.23. The molecule has 0 bridgehead atoms. The molecule has 3 rings (SSSR count). The van der Waals surface area contributed by atoms with Crippen molar-refractivity contribution in [3.8, 4) is 0 Å². The number of carbonyl (C=O) groups is 1. The van der Waals surface area contributed by atoms with Crippen molar-refractivity contribution in [1.82, 2.24) is 9.62 Å². The van der Waals surface area contributed by atoms with Crippen molar-refractivity contribution in [2.45, 2.75) is 36.7 Å². The Morgan fingerprint density at radius 3 is 2.15 bits per heavy atom. The molecular formula is C20H25N3O3S. The topological polar surface area (TPSA) is 78.5 Å². The van der Waals surface area contributed by atoms with E-state index in [4.69, 9.17) is 0 Å². The first kappa shape index (κ1) is 19.5. The number of nitrogens with one attached hydrogen (secondary N) is 2. The highest BCUT2D eigenvalue weighted by Gasteiger charge is 2.29. The third kappa shape index (κ3) is 5.15. The fourth-order valence-electron chi connectivity index (χ4n) is 3.23. The number of benzene rings is 2. The van der Waals surface area contributed by atoms with Gasteiger partial charge < -0.3 is 5.32 Å². The lowest BCUT2D eigenvalue weighted by molar-refractivity contribution is -0.121. The van der Waals surface area contributed by atoms with Crippen LogP contribution in [0.2, 0.25) is 0 Å². The molecule has 2 N–H and O–H groups in total. The Morgan fingerprint density at radius 2 is 1.56 bits per heavy atom. The lowest BCUT2D eigenvalue weighted by Gasteiger charge is -2.35. The standard InChI is InChI=1S/C20H25N3O3S/c1-16(20(24)21-17-8-4-2-5-9-17)23-14-12-18(13-15-23)22-27(25,26)19-10-6-3-7-11-19/h2-11,16,18,22H,12-15H2,1H3,(H,21,24)/t16-/m1/s1. The van der Waals surface area contributed by atoms with Gasteiger partial charge in [0.2, 0.25) is 15.9 Å². The van der Waals surface area contributed by atoms with E-state index in [0.717, 1.165) is 5.69 Å². The molecule has 2 aromatic rings. The molecule has 1 amide bonds. The van der Waals surface area contributed by atoms with Gasteiger partial charge in [-0.25, -0.2) is 13.1 Å². The second kappa shape index (κ2) is 8.65. The maximum absolute atomic E-state index is 12.4. The zero-order valence-electron chi connectivity index (χ0n) is 15.3. The number of rotatable bonds is 6. The second-order valence-corrected chi connectivity index (χ2v) is 8.49. The summed E-state index contributed by atoms with van der Waals surface area (Å²) in [6, 6.07) is 17.4. The van der Waals surface area contributed by atoms with Crippen LogP contribution in [-0.2, 0) is 14.8 Å². The van der Waals surface area contributed by atoms with Crippen LogP contribution in [0.4, 0.5) is 5.69 Å². The highest BCUT2D eigenvalue weighted by molar-refractivity contribution is 7.89. The third-order valence-corrected chi connectivity index (χ3v) is 6.41. The maximum Gasteiger partial charge on any atom is 0.241 e. The van der Waals surface area contributed by atoms with Gasteiger partial charge in [0.1, 0.15) is 0 Å². The predicted octanol–water partition coefficient (Wildman–Crippen LogP) is 2.46. The van der Waals surface area contributed by atoms with Crippen molar-refractivity contribution in [2.24, 2.45) is 0 Å². The number of carbonyl (C=O) groups excluding carboxylic acids is 1. The lowest BCUT2D eigenvalue weighted by atomic mass is 10.0. The van der Waals surface area contributed by atoms with Gasteiger partial charge in [-0.15, -0.1) is 0 Å². The molecule has 1 aliphatic heterocycles. The molecule has 1 heterocycles. The molecule has 0 radical (unpaired) electrons. The van der Waals surface area contributed by atoms with Crippen LogP contribution < -0.4 is 10.0 Å². The van der Waals surface area contributed by atoms with E-state index >= 15 is 0 Å². The minimum absolute atomic E-state index is 0.0514. The fraction of sp³-hybridized carbons (Fsp3) is 0.350. The highest BCUT2D eigenvalue weighted by atomic mass is 32.2. The van der Waals surface area contributed by atoms with Crippen molar-refractivity contribution in [3.63, 3.8) is 0 Å². The minimum Gasteiger partial charge on any atom is -0.325 e. The molecule has 0 saturated carbocycles. The molecule has 0 aromatic heterocycles. The van der Waals surface area contributed by atoms with E-state index in [2.05, 4.69) is 14.9 Å². The van der Waals surface area contributed by atoms with E-state index in [0.29, 0.717) is 25.9 Å². The lowest BCUT2D eigenvalue weighted by Crippen LogP contribution is -2.50. The predicted molar refractivity (Wildman–Crippen MR) is 106 cm³/mol. The first-order chi connectivity index (χ1) is 13.0. The summed E-state index contributed by atoms with van der Waals surface area (Å²) < 4.78 is 27.7. The van der Waals surface area contributed by atoms with Gasteiger partial charge in [-0.3, -0.25) is 9.69 Å². The van der Waals surface area contributed by atoms with Crippen molar-refractivity contribution in [2.75, 3.05) is 18.4 Å². The van der Waals surface area contributed by atoms with Crippen LogP contribution >= 0.6 is 0 Å². The number of amides is 1. The van der Waals surface area contributed by atoms with Gasteiger partial charge in [0.05, 0.1) is 10.9 Å². The van der Waals surface area contributed by atoms with E-state index < -0.39 is 10.0 Å². The molecule has 7 heteroatoms. The average Bonchev–Trinajstić information content (AvgIpc) is 2.69. The fourth-order valence-corrected chi connectivity index (χ4v) is 4.55. The second-order valence-electron chi connectivity index (χ2n) is 6.78. The molecule has 27 heavy (non-hydrogen) atoms. The van der Waals surface area contributed by atoms with Gasteiger partial charge in [-0.1, -0.05) is 36.4 Å². The van der Waals surface area contributed by atoms with E-state index in [-0.39, 0.29) is 22.9 Å². The molecule has 6 nitrogen and oxygen atoms in total. The largest absolute Gasteiger partial charge is 0.325 e. The SMILES string of the molecule is C[C@H](C(=O)Nc1ccccc1)N1CCC(NS(=O)(=O)c2ccccc2)CC1. The molecular weight excluding hydrogens is 362 g/mol. The molecule has 0 spiro atoms. The molecule has 0 aliphatic carbocycles. The van der Waals surface area contributed by atoms with Crippen LogP contribution in [0.5, 0.6) is 0 Å². The zero-order valence-corrected chi connectivity index (χ0v) is 16.2. The monoisotopic (exact) mass is 387 g/mol. The van der Waals surface area contributed by atoms with Crippen LogP contribution in [0.3, 0.4) is 0 Å². The van der Waals surface area contributed by atoms with Crippen LogP contribution in [-0.4, -0.2) is 44.4 Å². The quantitative estimate of drug-likeness (QED) is 0.798. The van der Waals surface area contributed by atoms with E-state index in [1.54, 1.807) is 30.3 Å². The summed E-state index contributed by atoms with van der Waals surface area (Å²) in [5, 5.41) is 2.92. The van der Waals surface area contributed by atoms with Crippen molar-refractivity contribution in [3.05, 3.63) is 60.7 Å². The number of piperidine rings is 1. The Kier molecular flexibility index (Phi) is 6.26. The normalized spacial score (nSPS) is 17.4. The Bertz CT molecular complexity index is 849. The summed E-state index contributed by atoms with van der Waals surface area (Å²) in [5.41, 5.74) is 0.778. The van der Waals surface area contributed by atoms with Gasteiger partial charge in [0.25, 0.3) is 0 Å². The van der Waals surface area contributed by atoms with E-state index in [9.17, 15) is 13.2 Å². The molecule has 0 unspecified atom stereocenters.